The maximum absolute atomic E-state index is 13.2. The molecule has 1 spiro atoms. The van der Waals surface area contributed by atoms with Crippen molar-refractivity contribution in [1.82, 2.24) is 19.9 Å². The van der Waals surface area contributed by atoms with Gasteiger partial charge < -0.3 is 9.80 Å². The predicted octanol–water partition coefficient (Wildman–Crippen LogP) is 2.20. The first kappa shape index (κ1) is 16.0. The number of aromatic nitrogens is 3. The van der Waals surface area contributed by atoms with E-state index >= 15 is 0 Å². The van der Waals surface area contributed by atoms with Crippen molar-refractivity contribution in [3.8, 4) is 0 Å². The van der Waals surface area contributed by atoms with Gasteiger partial charge in [0, 0.05) is 51.0 Å². The van der Waals surface area contributed by atoms with E-state index in [2.05, 4.69) is 19.9 Å². The van der Waals surface area contributed by atoms with E-state index in [4.69, 9.17) is 0 Å². The Morgan fingerprint density at radius 3 is 2.64 bits per heavy atom. The molecule has 1 unspecified atom stereocenters. The summed E-state index contributed by atoms with van der Waals surface area (Å²) in [7, 11) is 0. The number of carbonyl (C=O) groups is 1. The molecule has 2 aliphatic heterocycles. The van der Waals surface area contributed by atoms with Gasteiger partial charge in [-0.25, -0.2) is 9.97 Å². The molecule has 0 aromatic carbocycles. The number of anilines is 1. The lowest BCUT2D eigenvalue weighted by molar-refractivity contribution is -0.137. The van der Waals surface area contributed by atoms with Crippen LogP contribution < -0.4 is 4.90 Å². The third-order valence-corrected chi connectivity index (χ3v) is 5.35. The molecule has 0 saturated carbocycles. The number of likely N-dealkylation sites (tertiary alicyclic amines) is 1. The van der Waals surface area contributed by atoms with E-state index in [1.54, 1.807) is 12.4 Å². The van der Waals surface area contributed by atoms with Crippen molar-refractivity contribution in [2.75, 3.05) is 24.5 Å². The molecule has 0 N–H and O–H groups in total. The molecule has 25 heavy (non-hydrogen) atoms. The molecule has 0 radical (unpaired) electrons. The molecule has 2 aromatic rings. The molecule has 1 amide bonds. The molecule has 6 heteroatoms. The van der Waals surface area contributed by atoms with E-state index in [0.29, 0.717) is 6.54 Å². The molecule has 0 aliphatic carbocycles. The van der Waals surface area contributed by atoms with Crippen LogP contribution in [0.1, 0.15) is 30.4 Å². The quantitative estimate of drug-likeness (QED) is 0.859. The number of carbonyl (C=O) groups excluding carboxylic acids is 1. The minimum atomic E-state index is -0.278. The Hall–Kier alpha value is -2.50. The maximum Gasteiger partial charge on any atom is 0.230 e. The van der Waals surface area contributed by atoms with Crippen LogP contribution in [0.2, 0.25) is 0 Å². The Kier molecular flexibility index (Phi) is 4.11. The second-order valence-electron chi connectivity index (χ2n) is 7.20. The predicted molar refractivity (Wildman–Crippen MR) is 94.9 cm³/mol. The molecular weight excluding hydrogens is 314 g/mol. The average molecular weight is 337 g/mol. The fourth-order valence-corrected chi connectivity index (χ4v) is 3.98. The van der Waals surface area contributed by atoms with E-state index < -0.39 is 0 Å². The van der Waals surface area contributed by atoms with Crippen molar-refractivity contribution in [1.29, 1.82) is 0 Å². The summed E-state index contributed by atoms with van der Waals surface area (Å²) in [6.45, 7) is 5.12. The van der Waals surface area contributed by atoms with Gasteiger partial charge in [-0.3, -0.25) is 9.78 Å². The van der Waals surface area contributed by atoms with Gasteiger partial charge in [0.1, 0.15) is 0 Å². The first-order valence-electron chi connectivity index (χ1n) is 8.88. The van der Waals surface area contributed by atoms with E-state index in [1.807, 2.05) is 36.4 Å². The lowest BCUT2D eigenvalue weighted by Crippen LogP contribution is -2.48. The Bertz CT molecular complexity index is 748. The highest BCUT2D eigenvalue weighted by atomic mass is 16.2. The SMILES string of the molecule is Cc1cnc(N2CCCC3(CCN(Cc4ccncc4)C3=O)C2)nc1. The van der Waals surface area contributed by atoms with Crippen LogP contribution in [0.5, 0.6) is 0 Å². The summed E-state index contributed by atoms with van der Waals surface area (Å²) in [6, 6.07) is 3.96. The zero-order valence-electron chi connectivity index (χ0n) is 14.6. The fourth-order valence-electron chi connectivity index (χ4n) is 3.98. The molecule has 6 nitrogen and oxygen atoms in total. The largest absolute Gasteiger partial charge is 0.340 e. The molecule has 4 rings (SSSR count). The number of hydrogen-bond donors (Lipinski definition) is 0. The van der Waals surface area contributed by atoms with Crippen LogP contribution in [0.15, 0.2) is 36.9 Å². The average Bonchev–Trinajstić information content (AvgIpc) is 2.93. The smallest absolute Gasteiger partial charge is 0.230 e. The number of piperidine rings is 1. The van der Waals surface area contributed by atoms with Crippen molar-refractivity contribution >= 4 is 11.9 Å². The highest BCUT2D eigenvalue weighted by Crippen LogP contribution is 2.41. The summed E-state index contributed by atoms with van der Waals surface area (Å²) in [5.41, 5.74) is 1.91. The van der Waals surface area contributed by atoms with Gasteiger partial charge in [-0.2, -0.15) is 0 Å². The number of aryl methyl sites for hydroxylation is 1. The Labute approximate surface area is 147 Å². The van der Waals surface area contributed by atoms with Crippen molar-refractivity contribution in [3.63, 3.8) is 0 Å². The number of rotatable bonds is 3. The number of hydrogen-bond acceptors (Lipinski definition) is 5. The highest BCUT2D eigenvalue weighted by molar-refractivity contribution is 5.85. The minimum absolute atomic E-state index is 0.278. The molecule has 2 aliphatic rings. The van der Waals surface area contributed by atoms with Crippen molar-refractivity contribution in [3.05, 3.63) is 48.0 Å². The van der Waals surface area contributed by atoms with E-state index in [9.17, 15) is 4.79 Å². The molecule has 4 heterocycles. The Morgan fingerprint density at radius 2 is 1.88 bits per heavy atom. The minimum Gasteiger partial charge on any atom is -0.340 e. The second-order valence-corrected chi connectivity index (χ2v) is 7.20. The summed E-state index contributed by atoms with van der Waals surface area (Å²) >= 11 is 0. The van der Waals surface area contributed by atoms with Crippen LogP contribution >= 0.6 is 0 Å². The lowest BCUT2D eigenvalue weighted by Gasteiger charge is -2.39. The standard InChI is InChI=1S/C19H23N5O/c1-15-11-21-18(22-12-15)24-9-2-5-19(14-24)6-10-23(17(19)25)13-16-3-7-20-8-4-16/h3-4,7-8,11-12H,2,5-6,9-10,13-14H2,1H3. The van der Waals surface area contributed by atoms with Crippen LogP contribution in [0.4, 0.5) is 5.95 Å². The topological polar surface area (TPSA) is 62.2 Å². The summed E-state index contributed by atoms with van der Waals surface area (Å²) in [5.74, 6) is 1.02. The van der Waals surface area contributed by atoms with Crippen molar-refractivity contribution in [2.45, 2.75) is 32.7 Å². The molecule has 1 atom stereocenters. The van der Waals surface area contributed by atoms with Gasteiger partial charge in [-0.1, -0.05) is 0 Å². The third kappa shape index (κ3) is 3.08. The normalized spacial score (nSPS) is 23.5. The molecule has 130 valence electrons. The molecule has 2 fully saturated rings. The van der Waals surface area contributed by atoms with Gasteiger partial charge in [0.2, 0.25) is 11.9 Å². The van der Waals surface area contributed by atoms with Crippen molar-refractivity contribution in [2.24, 2.45) is 5.41 Å². The third-order valence-electron chi connectivity index (χ3n) is 5.35. The zero-order chi connectivity index (χ0) is 17.3. The zero-order valence-corrected chi connectivity index (χ0v) is 14.6. The first-order valence-corrected chi connectivity index (χ1v) is 8.88. The molecular formula is C19H23N5O. The summed E-state index contributed by atoms with van der Waals surface area (Å²) in [6.07, 6.45) is 10.1. The number of nitrogens with zero attached hydrogens (tertiary/aromatic N) is 5. The van der Waals surface area contributed by atoms with Gasteiger partial charge in [0.25, 0.3) is 0 Å². The highest BCUT2D eigenvalue weighted by Gasteiger charge is 2.49. The van der Waals surface area contributed by atoms with Gasteiger partial charge in [0.15, 0.2) is 0 Å². The van der Waals surface area contributed by atoms with Gasteiger partial charge in [-0.05, 0) is 49.4 Å². The van der Waals surface area contributed by atoms with E-state index in [-0.39, 0.29) is 11.3 Å². The lowest BCUT2D eigenvalue weighted by atomic mass is 9.78. The van der Waals surface area contributed by atoms with Gasteiger partial charge in [-0.15, -0.1) is 0 Å². The number of amides is 1. The Morgan fingerprint density at radius 1 is 1.12 bits per heavy atom. The molecule has 2 saturated heterocycles. The fraction of sp³-hybridized carbons (Fsp3) is 0.474. The van der Waals surface area contributed by atoms with Crippen LogP contribution in [0, 0.1) is 12.3 Å². The summed E-state index contributed by atoms with van der Waals surface area (Å²) in [4.78, 5) is 30.3. The maximum atomic E-state index is 13.2. The van der Waals surface area contributed by atoms with Gasteiger partial charge >= 0.3 is 0 Å². The van der Waals surface area contributed by atoms with E-state index in [0.717, 1.165) is 56.0 Å². The Balaban J connectivity index is 1.49. The monoisotopic (exact) mass is 337 g/mol. The summed E-state index contributed by atoms with van der Waals surface area (Å²) in [5, 5.41) is 0. The summed E-state index contributed by atoms with van der Waals surface area (Å²) < 4.78 is 0. The van der Waals surface area contributed by atoms with Gasteiger partial charge in [0.05, 0.1) is 5.41 Å². The number of pyridine rings is 1. The van der Waals surface area contributed by atoms with E-state index in [1.165, 1.54) is 0 Å². The van der Waals surface area contributed by atoms with Crippen molar-refractivity contribution < 1.29 is 4.79 Å². The molecule has 2 aromatic heterocycles. The van der Waals surface area contributed by atoms with Crippen LogP contribution in [0.25, 0.3) is 0 Å². The molecule has 0 bridgehead atoms. The first-order chi connectivity index (χ1) is 12.2. The second kappa shape index (κ2) is 6.43. The van der Waals surface area contributed by atoms with Crippen LogP contribution in [-0.2, 0) is 11.3 Å². The van der Waals surface area contributed by atoms with Crippen LogP contribution in [0.3, 0.4) is 0 Å². The van der Waals surface area contributed by atoms with Crippen LogP contribution in [-0.4, -0.2) is 45.4 Å².